The first-order valence-corrected chi connectivity index (χ1v) is 32.6. The molecule has 2 heterocycles. The number of benzene rings is 7. The largest absolute Gasteiger partial charge is 0.543 e. The molecule has 0 radical (unpaired) electrons. The Morgan fingerprint density at radius 2 is 0.625 bits per heavy atom. The van der Waals surface area contributed by atoms with Crippen molar-refractivity contribution in [2.45, 2.75) is 127 Å². The SMILES string of the molecule is CC(C)[Si](Oc1ccc2c(c1)C1(c3ccccc3-c3ccccc31)c1c-2sc2cc3c4c(sc3cc12)-c1ccc(O[Si](C(C)C)(C(C)C)C(C)C)cc1C41c2ccccc2-c2ccccc21)(C(C)C)C(C)C. The molecule has 0 aliphatic heterocycles. The minimum atomic E-state index is -2.25. The van der Waals surface area contributed by atoms with Gasteiger partial charge in [-0.05, 0) is 170 Å². The highest BCUT2D eigenvalue weighted by Crippen LogP contribution is 2.70. The molecule has 0 bridgehead atoms. The van der Waals surface area contributed by atoms with E-state index in [0.717, 1.165) is 11.5 Å². The van der Waals surface area contributed by atoms with E-state index >= 15 is 0 Å². The van der Waals surface area contributed by atoms with Crippen molar-refractivity contribution in [2.75, 3.05) is 0 Å². The van der Waals surface area contributed by atoms with Crippen molar-refractivity contribution < 1.29 is 8.85 Å². The fourth-order valence-corrected chi connectivity index (χ4v) is 29.1. The maximum Gasteiger partial charge on any atom is 0.258 e. The van der Waals surface area contributed by atoms with Gasteiger partial charge in [-0.3, -0.25) is 0 Å². The summed E-state index contributed by atoms with van der Waals surface area (Å²) in [5.41, 5.74) is 21.0. The summed E-state index contributed by atoms with van der Waals surface area (Å²) >= 11 is 3.99. The average molecular weight is 1010 g/mol. The molecule has 6 heteroatoms. The van der Waals surface area contributed by atoms with Crippen molar-refractivity contribution in [3.8, 4) is 54.6 Å². The molecule has 0 unspecified atom stereocenters. The van der Waals surface area contributed by atoms with E-state index in [4.69, 9.17) is 8.85 Å². The quantitative estimate of drug-likeness (QED) is 0.127. The second-order valence-electron chi connectivity index (χ2n) is 23.4. The molecular weight excluding hydrogens is 945 g/mol. The molecule has 0 amide bonds. The molecule has 4 aliphatic carbocycles. The van der Waals surface area contributed by atoms with Gasteiger partial charge >= 0.3 is 0 Å². The van der Waals surface area contributed by atoms with Crippen LogP contribution in [0.3, 0.4) is 0 Å². The fourth-order valence-electron chi connectivity index (χ4n) is 16.0. The summed E-state index contributed by atoms with van der Waals surface area (Å²) in [4.78, 5) is 2.77. The summed E-state index contributed by atoms with van der Waals surface area (Å²) in [7, 11) is -4.49. The van der Waals surface area contributed by atoms with Gasteiger partial charge in [0.05, 0.1) is 10.8 Å². The Bertz CT molecular complexity index is 3340. The number of fused-ring (bicyclic) bond motifs is 24. The van der Waals surface area contributed by atoms with Gasteiger partial charge in [0.1, 0.15) is 11.5 Å². The number of hydrogen-bond donors (Lipinski definition) is 0. The summed E-state index contributed by atoms with van der Waals surface area (Å²) in [6.07, 6.45) is 0. The van der Waals surface area contributed by atoms with Crippen LogP contribution < -0.4 is 8.85 Å². The molecule has 2 nitrogen and oxygen atoms in total. The van der Waals surface area contributed by atoms with Crippen LogP contribution in [-0.4, -0.2) is 16.6 Å². The van der Waals surface area contributed by atoms with Crippen LogP contribution in [0.25, 0.3) is 63.3 Å². The lowest BCUT2D eigenvalue weighted by Gasteiger charge is -2.42. The topological polar surface area (TPSA) is 18.5 Å². The third-order valence-electron chi connectivity index (χ3n) is 18.4. The lowest BCUT2D eigenvalue weighted by Crippen LogP contribution is -2.50. The van der Waals surface area contributed by atoms with E-state index in [-0.39, 0.29) is 0 Å². The molecule has 72 heavy (non-hydrogen) atoms. The lowest BCUT2D eigenvalue weighted by molar-refractivity contribution is 0.479. The number of rotatable bonds is 10. The van der Waals surface area contributed by atoms with Crippen molar-refractivity contribution in [3.63, 3.8) is 0 Å². The normalized spacial score (nSPS) is 15.4. The maximum atomic E-state index is 7.57. The summed E-state index contributed by atoms with van der Waals surface area (Å²) in [5.74, 6) is 2.05. The Balaban J connectivity index is 1.08. The number of hydrogen-bond acceptors (Lipinski definition) is 4. The van der Waals surface area contributed by atoms with Crippen LogP contribution >= 0.6 is 22.7 Å². The monoisotopic (exact) mass is 1010 g/mol. The van der Waals surface area contributed by atoms with Crippen LogP contribution in [0.15, 0.2) is 146 Å². The zero-order valence-electron chi connectivity index (χ0n) is 44.0. The van der Waals surface area contributed by atoms with Crippen LogP contribution in [0.2, 0.25) is 33.2 Å². The van der Waals surface area contributed by atoms with Gasteiger partial charge in [-0.2, -0.15) is 0 Å². The molecule has 4 aliphatic rings. The Labute approximate surface area is 437 Å². The van der Waals surface area contributed by atoms with Gasteiger partial charge in [-0.15, -0.1) is 22.7 Å². The summed E-state index contributed by atoms with van der Waals surface area (Å²) in [6.45, 7) is 28.7. The Morgan fingerprint density at radius 3 is 0.917 bits per heavy atom. The van der Waals surface area contributed by atoms with E-state index in [2.05, 4.69) is 229 Å². The summed E-state index contributed by atoms with van der Waals surface area (Å²) in [5, 5.41) is 2.73. The van der Waals surface area contributed by atoms with Gasteiger partial charge in [-0.1, -0.05) is 180 Å². The third kappa shape index (κ3) is 5.65. The summed E-state index contributed by atoms with van der Waals surface area (Å²) in [6, 6.07) is 56.7. The minimum Gasteiger partial charge on any atom is -0.543 e. The van der Waals surface area contributed by atoms with Crippen LogP contribution in [0.1, 0.15) is 128 Å². The van der Waals surface area contributed by atoms with Gasteiger partial charge in [0, 0.05) is 19.2 Å². The predicted molar refractivity (Wildman–Crippen MR) is 313 cm³/mol. The molecule has 0 fully saturated rings. The minimum absolute atomic E-state index is 0.474. The maximum absolute atomic E-state index is 7.57. The third-order valence-corrected chi connectivity index (χ3v) is 32.8. The van der Waals surface area contributed by atoms with E-state index in [0.29, 0.717) is 33.2 Å². The van der Waals surface area contributed by atoms with Crippen LogP contribution in [0.4, 0.5) is 0 Å². The highest BCUT2D eigenvalue weighted by molar-refractivity contribution is 7.24. The van der Waals surface area contributed by atoms with Crippen LogP contribution in [-0.2, 0) is 10.8 Å². The van der Waals surface area contributed by atoms with E-state index in [1.807, 2.05) is 22.7 Å². The zero-order valence-corrected chi connectivity index (χ0v) is 47.6. The molecule has 0 saturated heterocycles. The van der Waals surface area contributed by atoms with Crippen molar-refractivity contribution in [1.29, 1.82) is 0 Å². The van der Waals surface area contributed by atoms with Crippen molar-refractivity contribution in [1.82, 2.24) is 0 Å². The fraction of sp³-hybridized carbons (Fsp3) is 0.303. The van der Waals surface area contributed by atoms with Crippen LogP contribution in [0, 0.1) is 0 Å². The van der Waals surface area contributed by atoms with Crippen molar-refractivity contribution in [2.24, 2.45) is 0 Å². The molecule has 0 saturated carbocycles. The number of thiophene rings is 2. The van der Waals surface area contributed by atoms with E-state index in [1.54, 1.807) is 0 Å². The van der Waals surface area contributed by atoms with Crippen molar-refractivity contribution in [3.05, 3.63) is 190 Å². The van der Waals surface area contributed by atoms with Gasteiger partial charge in [0.25, 0.3) is 16.6 Å². The molecule has 7 aromatic carbocycles. The highest BCUT2D eigenvalue weighted by Gasteiger charge is 2.57. The second-order valence-corrected chi connectivity index (χ2v) is 36.2. The smallest absolute Gasteiger partial charge is 0.258 e. The van der Waals surface area contributed by atoms with Gasteiger partial charge in [0.15, 0.2) is 0 Å². The highest BCUT2D eigenvalue weighted by atomic mass is 32.1. The van der Waals surface area contributed by atoms with Gasteiger partial charge in [0.2, 0.25) is 0 Å². The first kappa shape index (κ1) is 46.3. The van der Waals surface area contributed by atoms with Crippen molar-refractivity contribution >= 4 is 59.5 Å². The van der Waals surface area contributed by atoms with E-state index < -0.39 is 27.5 Å². The molecule has 13 rings (SSSR count). The molecular formula is C66H66O2S2Si2. The molecule has 2 aromatic heterocycles. The van der Waals surface area contributed by atoms with Crippen LogP contribution in [0.5, 0.6) is 11.5 Å². The molecule has 2 spiro atoms. The molecule has 0 N–H and O–H groups in total. The van der Waals surface area contributed by atoms with E-state index in [9.17, 15) is 0 Å². The second kappa shape index (κ2) is 16.0. The Kier molecular flexibility index (Phi) is 10.3. The lowest BCUT2D eigenvalue weighted by atomic mass is 9.69. The van der Waals surface area contributed by atoms with Gasteiger partial charge < -0.3 is 8.85 Å². The molecule has 0 atom stereocenters. The predicted octanol–water partition coefficient (Wildman–Crippen LogP) is 19.9. The zero-order chi connectivity index (χ0) is 50.0. The van der Waals surface area contributed by atoms with Gasteiger partial charge in [-0.25, -0.2) is 0 Å². The first-order valence-electron chi connectivity index (χ1n) is 26.7. The average Bonchev–Trinajstić information content (AvgIpc) is 4.18. The standard InChI is InChI=1S/C66H66O2S2Si2/c1-37(2)71(38(3)4,39(5)6)67-43-29-31-49-57(33-43)65(53-25-17-13-21-45(53)46-22-14-18-26-54(46)65)61-51-35-60-52(36-59(51)69-63(49)61)62-64(70-60)50-32-30-44(68-72(40(7)8,41(9)10)42(11)12)34-58(50)66(62)55-27-19-15-23-47(55)48-24-16-20-28-56(48)66/h13-42H,1-12H3. The van der Waals surface area contributed by atoms with E-state index in [1.165, 1.54) is 108 Å². The molecule has 9 aromatic rings. The Morgan fingerprint density at radius 1 is 0.333 bits per heavy atom. The Hall–Kier alpha value is -5.51. The first-order chi connectivity index (χ1) is 34.6. The summed E-state index contributed by atoms with van der Waals surface area (Å²) < 4.78 is 17.8. The molecule has 362 valence electrons.